The maximum atomic E-state index is 12.8. The second-order valence-electron chi connectivity index (χ2n) is 6.17. The summed E-state index contributed by atoms with van der Waals surface area (Å²) in [5.41, 5.74) is 1.71. The van der Waals surface area contributed by atoms with Crippen molar-refractivity contribution in [3.8, 4) is 5.75 Å². The molecule has 2 atom stereocenters. The molecule has 2 aliphatic heterocycles. The van der Waals surface area contributed by atoms with Crippen LogP contribution in [0.4, 0.5) is 0 Å². The largest absolute Gasteiger partial charge is 0.497 e. The van der Waals surface area contributed by atoms with Crippen molar-refractivity contribution in [2.75, 3.05) is 27.4 Å². The molecule has 0 unspecified atom stereocenters. The fourth-order valence-electron chi connectivity index (χ4n) is 3.06. The smallest absolute Gasteiger partial charge is 0.338 e. The number of amidine groups is 1. The summed E-state index contributed by atoms with van der Waals surface area (Å²) in [6, 6.07) is 6.73. The molecule has 144 valence electrons. The molecule has 0 aliphatic carbocycles. The molecule has 8 heteroatoms. The molecule has 1 aromatic carbocycles. The minimum absolute atomic E-state index is 0.0748. The number of amides is 1. The molecule has 27 heavy (non-hydrogen) atoms. The average molecular weight is 390 g/mol. The second-order valence-corrected chi connectivity index (χ2v) is 7.47. The standard InChI is InChI=1S/C19H22N2O5S/c1-11-15(18(23)26-10-9-24-3)16(13-5-7-14(25-4)8-6-13)21-17(22)12(2)27-19(21)20-11/h5-8,12,16H,9-10H2,1-4H3/t12-,16-/m0/s1. The van der Waals surface area contributed by atoms with E-state index in [0.717, 1.165) is 5.56 Å². The van der Waals surface area contributed by atoms with Crippen LogP contribution in [0.2, 0.25) is 0 Å². The van der Waals surface area contributed by atoms with E-state index >= 15 is 0 Å². The summed E-state index contributed by atoms with van der Waals surface area (Å²) in [7, 11) is 3.13. The predicted octanol–water partition coefficient (Wildman–Crippen LogP) is 2.53. The molecule has 0 N–H and O–H groups in total. The summed E-state index contributed by atoms with van der Waals surface area (Å²) in [4.78, 5) is 31.7. The van der Waals surface area contributed by atoms with Crippen molar-refractivity contribution in [2.45, 2.75) is 25.1 Å². The highest BCUT2D eigenvalue weighted by Gasteiger charge is 2.46. The van der Waals surface area contributed by atoms with Gasteiger partial charge in [-0.15, -0.1) is 0 Å². The third-order valence-electron chi connectivity index (χ3n) is 4.43. The molecule has 2 aliphatic rings. The van der Waals surface area contributed by atoms with Crippen LogP contribution in [-0.4, -0.2) is 54.6 Å². The van der Waals surface area contributed by atoms with Crippen LogP contribution in [0.3, 0.4) is 0 Å². The first-order valence-corrected chi connectivity index (χ1v) is 9.45. The lowest BCUT2D eigenvalue weighted by molar-refractivity contribution is -0.141. The van der Waals surface area contributed by atoms with Crippen LogP contribution in [0.1, 0.15) is 25.5 Å². The van der Waals surface area contributed by atoms with Crippen molar-refractivity contribution in [3.05, 3.63) is 41.1 Å². The Morgan fingerprint density at radius 1 is 1.22 bits per heavy atom. The number of fused-ring (bicyclic) bond motifs is 1. The molecule has 2 heterocycles. The van der Waals surface area contributed by atoms with Gasteiger partial charge in [-0.25, -0.2) is 9.79 Å². The molecule has 3 rings (SSSR count). The quantitative estimate of drug-likeness (QED) is 0.549. The molecule has 0 bridgehead atoms. The normalized spacial score (nSPS) is 21.9. The van der Waals surface area contributed by atoms with Crippen molar-refractivity contribution in [2.24, 2.45) is 4.99 Å². The summed E-state index contributed by atoms with van der Waals surface area (Å²) in [6.07, 6.45) is 0. The summed E-state index contributed by atoms with van der Waals surface area (Å²) in [5.74, 6) is 0.128. The number of hydrogen-bond acceptors (Lipinski definition) is 7. The lowest BCUT2D eigenvalue weighted by atomic mass is 9.94. The van der Waals surface area contributed by atoms with Gasteiger partial charge >= 0.3 is 5.97 Å². The Morgan fingerprint density at radius 3 is 2.56 bits per heavy atom. The van der Waals surface area contributed by atoms with Crippen LogP contribution >= 0.6 is 11.8 Å². The summed E-state index contributed by atoms with van der Waals surface area (Å²) >= 11 is 1.40. The maximum Gasteiger partial charge on any atom is 0.338 e. The number of methoxy groups -OCH3 is 2. The number of aliphatic imine (C=N–C) groups is 1. The molecule has 0 aromatic heterocycles. The van der Waals surface area contributed by atoms with E-state index in [1.807, 2.05) is 19.1 Å². The van der Waals surface area contributed by atoms with Crippen LogP contribution in [0.5, 0.6) is 5.75 Å². The number of carbonyl (C=O) groups is 2. The topological polar surface area (TPSA) is 77.4 Å². The van der Waals surface area contributed by atoms with E-state index in [9.17, 15) is 9.59 Å². The first kappa shape index (κ1) is 19.4. The van der Waals surface area contributed by atoms with Crippen LogP contribution in [0.25, 0.3) is 0 Å². The van der Waals surface area contributed by atoms with E-state index in [2.05, 4.69) is 4.99 Å². The van der Waals surface area contributed by atoms with E-state index in [4.69, 9.17) is 14.2 Å². The lowest BCUT2D eigenvalue weighted by Gasteiger charge is -2.33. The van der Waals surface area contributed by atoms with Crippen LogP contribution < -0.4 is 4.74 Å². The second kappa shape index (κ2) is 8.14. The van der Waals surface area contributed by atoms with Crippen LogP contribution in [0, 0.1) is 0 Å². The van der Waals surface area contributed by atoms with E-state index in [1.165, 1.54) is 18.9 Å². The Balaban J connectivity index is 2.03. The van der Waals surface area contributed by atoms with Gasteiger partial charge in [0.15, 0.2) is 5.17 Å². The number of benzene rings is 1. The van der Waals surface area contributed by atoms with Gasteiger partial charge in [0.25, 0.3) is 0 Å². The highest BCUT2D eigenvalue weighted by Crippen LogP contribution is 2.43. The van der Waals surface area contributed by atoms with E-state index in [-0.39, 0.29) is 17.8 Å². The minimum Gasteiger partial charge on any atom is -0.497 e. The molecule has 7 nitrogen and oxygen atoms in total. The zero-order valence-corrected chi connectivity index (χ0v) is 16.5. The van der Waals surface area contributed by atoms with Gasteiger partial charge in [0.05, 0.1) is 36.3 Å². The van der Waals surface area contributed by atoms with Gasteiger partial charge in [0.1, 0.15) is 12.4 Å². The number of rotatable bonds is 6. The van der Waals surface area contributed by atoms with Gasteiger partial charge < -0.3 is 14.2 Å². The number of hydrogen-bond donors (Lipinski definition) is 0. The Hall–Kier alpha value is -2.32. The zero-order valence-electron chi connectivity index (χ0n) is 15.7. The highest BCUT2D eigenvalue weighted by molar-refractivity contribution is 8.15. The Bertz CT molecular complexity index is 803. The molecular formula is C19H22N2O5S. The van der Waals surface area contributed by atoms with Crippen molar-refractivity contribution < 1.29 is 23.8 Å². The fourth-order valence-corrected chi connectivity index (χ4v) is 4.09. The fraction of sp³-hybridized carbons (Fsp3) is 0.421. The number of carbonyl (C=O) groups excluding carboxylic acids is 2. The number of nitrogens with zero attached hydrogens (tertiary/aromatic N) is 2. The minimum atomic E-state index is -0.580. The zero-order chi connectivity index (χ0) is 19.6. The monoisotopic (exact) mass is 390 g/mol. The highest BCUT2D eigenvalue weighted by atomic mass is 32.2. The first-order chi connectivity index (χ1) is 13.0. The first-order valence-electron chi connectivity index (χ1n) is 8.57. The van der Waals surface area contributed by atoms with E-state index in [0.29, 0.717) is 28.8 Å². The third-order valence-corrected chi connectivity index (χ3v) is 5.48. The summed E-state index contributed by atoms with van der Waals surface area (Å²) < 4.78 is 15.5. The lowest BCUT2D eigenvalue weighted by Crippen LogP contribution is -2.40. The molecule has 0 spiro atoms. The maximum absolute atomic E-state index is 12.8. The number of allylic oxidation sites excluding steroid dienone is 1. The summed E-state index contributed by atoms with van der Waals surface area (Å²) in [5, 5.41) is 0.361. The van der Waals surface area contributed by atoms with Gasteiger partial charge in [-0.1, -0.05) is 23.9 Å². The Morgan fingerprint density at radius 2 is 1.93 bits per heavy atom. The van der Waals surface area contributed by atoms with E-state index in [1.54, 1.807) is 31.1 Å². The molecule has 0 radical (unpaired) electrons. The Kier molecular flexibility index (Phi) is 5.86. The van der Waals surface area contributed by atoms with Gasteiger partial charge in [0.2, 0.25) is 5.91 Å². The number of esters is 1. The average Bonchev–Trinajstić information content (AvgIpc) is 2.94. The van der Waals surface area contributed by atoms with Gasteiger partial charge in [-0.05, 0) is 31.5 Å². The van der Waals surface area contributed by atoms with Gasteiger partial charge in [-0.2, -0.15) is 0 Å². The predicted molar refractivity (Wildman–Crippen MR) is 103 cm³/mol. The molecular weight excluding hydrogens is 368 g/mol. The Labute approximate surface area is 162 Å². The van der Waals surface area contributed by atoms with Crippen LogP contribution in [0.15, 0.2) is 40.5 Å². The molecule has 1 aromatic rings. The van der Waals surface area contributed by atoms with Crippen LogP contribution in [-0.2, 0) is 19.1 Å². The van der Waals surface area contributed by atoms with E-state index < -0.39 is 12.0 Å². The SMILES string of the molecule is COCCOC(=O)C1=C(C)N=C2S[C@@H](C)C(=O)N2[C@H]1c1ccc(OC)cc1. The van der Waals surface area contributed by atoms with Gasteiger partial charge in [-0.3, -0.25) is 9.69 Å². The summed E-state index contributed by atoms with van der Waals surface area (Å²) in [6.45, 7) is 4.04. The number of ether oxygens (including phenoxy) is 3. The number of thioether (sulfide) groups is 1. The molecule has 1 fully saturated rings. The third kappa shape index (κ3) is 3.72. The van der Waals surface area contributed by atoms with Crippen molar-refractivity contribution in [1.82, 2.24) is 4.90 Å². The molecule has 0 saturated carbocycles. The van der Waals surface area contributed by atoms with Crippen molar-refractivity contribution in [1.29, 1.82) is 0 Å². The van der Waals surface area contributed by atoms with Gasteiger partial charge in [0, 0.05) is 7.11 Å². The molecule has 1 saturated heterocycles. The van der Waals surface area contributed by atoms with Crippen molar-refractivity contribution >= 4 is 28.8 Å². The van der Waals surface area contributed by atoms with Crippen molar-refractivity contribution in [3.63, 3.8) is 0 Å². The molecule has 1 amide bonds.